The minimum absolute atomic E-state index is 0.0245. The maximum Gasteiger partial charge on any atom is 0.229 e. The molecule has 0 aliphatic carbocycles. The first kappa shape index (κ1) is 19.9. The van der Waals surface area contributed by atoms with E-state index < -0.39 is 0 Å². The fourth-order valence-corrected chi connectivity index (χ4v) is 4.86. The molecule has 1 aliphatic rings. The second-order valence-electron chi connectivity index (χ2n) is 7.56. The van der Waals surface area contributed by atoms with E-state index in [-0.39, 0.29) is 11.8 Å². The predicted octanol–water partition coefficient (Wildman–Crippen LogP) is 4.76. The molecule has 2 aromatic heterocycles. The molecule has 0 radical (unpaired) electrons. The van der Waals surface area contributed by atoms with Gasteiger partial charge >= 0.3 is 0 Å². The van der Waals surface area contributed by atoms with Crippen molar-refractivity contribution in [2.75, 3.05) is 23.3 Å². The highest BCUT2D eigenvalue weighted by molar-refractivity contribution is 7.17. The van der Waals surface area contributed by atoms with Gasteiger partial charge in [-0.3, -0.25) is 9.36 Å². The lowest BCUT2D eigenvalue weighted by molar-refractivity contribution is -0.120. The maximum atomic E-state index is 12.8. The van der Waals surface area contributed by atoms with E-state index in [0.29, 0.717) is 11.6 Å². The maximum absolute atomic E-state index is 12.8. The molecule has 1 fully saturated rings. The zero-order valence-corrected chi connectivity index (χ0v) is 18.3. The first-order chi connectivity index (χ1) is 13.9. The number of nitrogens with one attached hydrogen (secondary N) is 1. The summed E-state index contributed by atoms with van der Waals surface area (Å²) in [6, 6.07) is 9.76. The molecule has 1 saturated heterocycles. The lowest BCUT2D eigenvalue weighted by Crippen LogP contribution is -2.40. The van der Waals surface area contributed by atoms with Gasteiger partial charge in [0.05, 0.1) is 5.92 Å². The molecular weight excluding hydrogens is 406 g/mol. The summed E-state index contributed by atoms with van der Waals surface area (Å²) in [6.07, 6.45) is 1.81. The number of anilines is 2. The highest BCUT2D eigenvalue weighted by atomic mass is 35.5. The van der Waals surface area contributed by atoms with Crippen molar-refractivity contribution < 1.29 is 4.79 Å². The number of benzene rings is 1. The van der Waals surface area contributed by atoms with Gasteiger partial charge in [-0.2, -0.15) is 0 Å². The third-order valence-corrected chi connectivity index (χ3v) is 6.74. The predicted molar refractivity (Wildman–Crippen MR) is 118 cm³/mol. The van der Waals surface area contributed by atoms with Gasteiger partial charge in [-0.25, -0.2) is 0 Å². The molecule has 4 rings (SSSR count). The second kappa shape index (κ2) is 8.16. The van der Waals surface area contributed by atoms with Crippen molar-refractivity contribution in [2.45, 2.75) is 33.6 Å². The second-order valence-corrected chi connectivity index (χ2v) is 8.90. The molecular formula is C21H24ClN5OS. The molecule has 1 atom stereocenters. The number of carbonyl (C=O) groups is 1. The molecule has 8 heteroatoms. The minimum atomic E-state index is -0.0915. The van der Waals surface area contributed by atoms with Gasteiger partial charge < -0.3 is 10.2 Å². The van der Waals surface area contributed by atoms with E-state index in [1.54, 1.807) is 17.4 Å². The number of nitrogens with zero attached hydrogens (tertiary/aromatic N) is 4. The van der Waals surface area contributed by atoms with Gasteiger partial charge in [0.2, 0.25) is 16.2 Å². The van der Waals surface area contributed by atoms with Crippen LogP contribution in [0, 0.1) is 26.7 Å². The normalized spacial score (nSPS) is 16.8. The molecule has 0 bridgehead atoms. The first-order valence-corrected chi connectivity index (χ1v) is 10.9. The number of rotatable bonds is 4. The topological polar surface area (TPSA) is 63.1 Å². The van der Waals surface area contributed by atoms with E-state index in [1.807, 2.05) is 19.1 Å². The number of aromatic nitrogens is 3. The average Bonchev–Trinajstić information content (AvgIpc) is 3.31. The lowest BCUT2D eigenvalue weighted by Gasteiger charge is -2.31. The highest BCUT2D eigenvalue weighted by Gasteiger charge is 2.28. The summed E-state index contributed by atoms with van der Waals surface area (Å²) < 4.78 is 2.11. The highest BCUT2D eigenvalue weighted by Crippen LogP contribution is 2.30. The number of hydrogen-bond donors (Lipinski definition) is 1. The third-order valence-electron chi connectivity index (χ3n) is 5.37. The van der Waals surface area contributed by atoms with Crippen molar-refractivity contribution in [3.63, 3.8) is 0 Å². The van der Waals surface area contributed by atoms with Crippen LogP contribution < -0.4 is 10.2 Å². The molecule has 0 spiro atoms. The molecule has 3 heterocycles. The Bertz CT molecular complexity index is 1020. The first-order valence-electron chi connectivity index (χ1n) is 9.73. The zero-order valence-electron chi connectivity index (χ0n) is 16.8. The van der Waals surface area contributed by atoms with Crippen LogP contribution in [0.25, 0.3) is 5.13 Å². The summed E-state index contributed by atoms with van der Waals surface area (Å²) in [5, 5.41) is 14.2. The Labute approximate surface area is 179 Å². The van der Waals surface area contributed by atoms with Crippen LogP contribution in [-0.4, -0.2) is 33.8 Å². The van der Waals surface area contributed by atoms with E-state index in [0.717, 1.165) is 52.3 Å². The molecule has 1 N–H and O–H groups in total. The monoisotopic (exact) mass is 429 g/mol. The Balaban J connectivity index is 1.46. The Morgan fingerprint density at radius 2 is 1.86 bits per heavy atom. The number of carbonyl (C=O) groups excluding carboxylic acids is 1. The number of hydrogen-bond acceptors (Lipinski definition) is 5. The molecule has 1 aliphatic heterocycles. The molecule has 0 unspecified atom stereocenters. The molecule has 152 valence electrons. The van der Waals surface area contributed by atoms with Crippen LogP contribution in [-0.2, 0) is 4.79 Å². The van der Waals surface area contributed by atoms with Crippen LogP contribution >= 0.6 is 22.9 Å². The van der Waals surface area contributed by atoms with Crippen molar-refractivity contribution in [1.82, 2.24) is 14.8 Å². The Hall–Kier alpha value is -2.38. The zero-order chi connectivity index (χ0) is 20.5. The van der Waals surface area contributed by atoms with Crippen LogP contribution in [0.1, 0.15) is 29.8 Å². The summed E-state index contributed by atoms with van der Waals surface area (Å²) in [4.78, 5) is 15.0. The van der Waals surface area contributed by atoms with Gasteiger partial charge in [0.15, 0.2) is 0 Å². The largest absolute Gasteiger partial charge is 0.346 e. The van der Waals surface area contributed by atoms with Gasteiger partial charge in [-0.1, -0.05) is 29.0 Å². The van der Waals surface area contributed by atoms with Gasteiger partial charge in [-0.05, 0) is 63.4 Å². The van der Waals surface area contributed by atoms with Gasteiger partial charge in [0, 0.05) is 35.2 Å². The van der Waals surface area contributed by atoms with Crippen molar-refractivity contribution in [3.8, 4) is 5.13 Å². The molecule has 0 saturated carbocycles. The van der Waals surface area contributed by atoms with Crippen LogP contribution in [0.4, 0.5) is 10.8 Å². The summed E-state index contributed by atoms with van der Waals surface area (Å²) in [6.45, 7) is 7.60. The fraction of sp³-hybridized carbons (Fsp3) is 0.381. The van der Waals surface area contributed by atoms with Crippen LogP contribution in [0.15, 0.2) is 30.3 Å². The summed E-state index contributed by atoms with van der Waals surface area (Å²) in [5.41, 5.74) is 4.00. The van der Waals surface area contributed by atoms with Crippen LogP contribution in [0.2, 0.25) is 5.02 Å². The quantitative estimate of drug-likeness (QED) is 0.649. The van der Waals surface area contributed by atoms with Crippen molar-refractivity contribution in [1.29, 1.82) is 0 Å². The van der Waals surface area contributed by atoms with Gasteiger partial charge in [-0.15, -0.1) is 10.2 Å². The number of aryl methyl sites for hydroxylation is 3. The van der Waals surface area contributed by atoms with Gasteiger partial charge in [0.1, 0.15) is 0 Å². The number of piperidine rings is 1. The molecule has 1 amide bonds. The van der Waals surface area contributed by atoms with Crippen molar-refractivity contribution >= 4 is 39.7 Å². The van der Waals surface area contributed by atoms with Gasteiger partial charge in [0.25, 0.3) is 0 Å². The summed E-state index contributed by atoms with van der Waals surface area (Å²) in [7, 11) is 0. The molecule has 1 aromatic carbocycles. The molecule has 6 nitrogen and oxygen atoms in total. The molecule has 3 aromatic rings. The van der Waals surface area contributed by atoms with E-state index in [1.165, 1.54) is 0 Å². The third kappa shape index (κ3) is 4.16. The minimum Gasteiger partial charge on any atom is -0.346 e. The van der Waals surface area contributed by atoms with Crippen molar-refractivity contribution in [2.24, 2.45) is 5.92 Å². The Kier molecular flexibility index (Phi) is 5.61. The fourth-order valence-electron chi connectivity index (χ4n) is 3.68. The van der Waals surface area contributed by atoms with E-state index in [2.05, 4.69) is 51.0 Å². The van der Waals surface area contributed by atoms with E-state index in [9.17, 15) is 4.79 Å². The Morgan fingerprint density at radius 1 is 1.14 bits per heavy atom. The smallest absolute Gasteiger partial charge is 0.229 e. The summed E-state index contributed by atoms with van der Waals surface area (Å²) >= 11 is 7.74. The van der Waals surface area contributed by atoms with Crippen LogP contribution in [0.3, 0.4) is 0 Å². The van der Waals surface area contributed by atoms with E-state index >= 15 is 0 Å². The van der Waals surface area contributed by atoms with Crippen molar-refractivity contribution in [3.05, 3.63) is 52.3 Å². The number of amides is 1. The SMILES string of the molecule is Cc1ccc(NC(=O)[C@@H]2CCCN(c3nnc(-n4c(C)ccc4C)s3)C2)cc1Cl. The summed E-state index contributed by atoms with van der Waals surface area (Å²) in [5.74, 6) is -0.0670. The standard InChI is InChI=1S/C21H24ClN5OS/c1-13-6-9-17(11-18(13)22)23-19(28)16-5-4-10-26(12-16)20-24-25-21(29-20)27-14(2)7-8-15(27)3/h6-9,11,16H,4-5,10,12H2,1-3H3,(H,23,28)/t16-/m1/s1. The Morgan fingerprint density at radius 3 is 2.59 bits per heavy atom. The van der Waals surface area contributed by atoms with E-state index in [4.69, 9.17) is 11.6 Å². The average molecular weight is 430 g/mol. The number of halogens is 1. The molecule has 29 heavy (non-hydrogen) atoms. The lowest BCUT2D eigenvalue weighted by atomic mass is 9.97. The van der Waals surface area contributed by atoms with Crippen LogP contribution in [0.5, 0.6) is 0 Å².